The van der Waals surface area contributed by atoms with Gasteiger partial charge in [0.15, 0.2) is 0 Å². The van der Waals surface area contributed by atoms with Crippen LogP contribution in [-0.4, -0.2) is 10.1 Å². The van der Waals surface area contributed by atoms with E-state index in [-0.39, 0.29) is 11.3 Å². The highest BCUT2D eigenvalue weighted by Gasteiger charge is 1.98. The van der Waals surface area contributed by atoms with Gasteiger partial charge in [-0.15, -0.1) is 0 Å². The number of anilines is 1. The first-order valence-electron chi connectivity index (χ1n) is 6.42. The Morgan fingerprint density at radius 3 is 2.47 bits per heavy atom. The molecule has 2 aromatic rings. The molecule has 1 aromatic carbocycles. The van der Waals surface area contributed by atoms with Crippen molar-refractivity contribution in [3.63, 3.8) is 0 Å². The topological polar surface area (TPSA) is 65.1 Å². The van der Waals surface area contributed by atoms with E-state index < -0.39 is 0 Å². The molecule has 0 aliphatic carbocycles. The van der Waals surface area contributed by atoms with Crippen molar-refractivity contribution in [3.05, 3.63) is 57.9 Å². The van der Waals surface area contributed by atoms with Gasteiger partial charge >= 0.3 is 0 Å². The summed E-state index contributed by atoms with van der Waals surface area (Å²) in [4.78, 5) is 13.8. The fourth-order valence-corrected chi connectivity index (χ4v) is 1.93. The molecule has 0 atom stereocenters. The van der Waals surface area contributed by atoms with Gasteiger partial charge in [-0.3, -0.25) is 4.79 Å². The lowest BCUT2D eigenvalue weighted by Crippen LogP contribution is -2.09. The van der Waals surface area contributed by atoms with E-state index in [0.29, 0.717) is 12.4 Å². The molecular weight excluding hydrogens is 240 g/mol. The number of benzene rings is 1. The Morgan fingerprint density at radius 2 is 1.84 bits per heavy atom. The average Bonchev–Trinajstić information content (AvgIpc) is 2.37. The van der Waals surface area contributed by atoms with Crippen LogP contribution in [0.5, 0.6) is 5.75 Å². The maximum atomic E-state index is 11.2. The van der Waals surface area contributed by atoms with Crippen LogP contribution >= 0.6 is 0 Å². The summed E-state index contributed by atoms with van der Waals surface area (Å²) in [6, 6.07) is 11.0. The largest absolute Gasteiger partial charge is 0.508 e. The standard InChI is InChI=1S/C15H18N2O2/c1-2-3-11-4-6-12(7-5-11)10-16-14-8-13(18)9-15(19)17-14/h4-9H,2-3,10H2,1H3,(H3,16,17,18,19). The second-order valence-electron chi connectivity index (χ2n) is 4.54. The molecule has 0 saturated carbocycles. The average molecular weight is 258 g/mol. The number of rotatable bonds is 5. The molecule has 0 amide bonds. The summed E-state index contributed by atoms with van der Waals surface area (Å²) < 4.78 is 0. The Balaban J connectivity index is 1.99. The maximum Gasteiger partial charge on any atom is 0.253 e. The van der Waals surface area contributed by atoms with Crippen LogP contribution in [0.25, 0.3) is 0 Å². The highest BCUT2D eigenvalue weighted by atomic mass is 16.3. The molecule has 0 spiro atoms. The molecular formula is C15H18N2O2. The van der Waals surface area contributed by atoms with Gasteiger partial charge in [-0.1, -0.05) is 37.6 Å². The fourth-order valence-electron chi connectivity index (χ4n) is 1.93. The lowest BCUT2D eigenvalue weighted by Gasteiger charge is -2.07. The number of aryl methyl sites for hydroxylation is 1. The predicted molar refractivity (Wildman–Crippen MR) is 76.5 cm³/mol. The van der Waals surface area contributed by atoms with Gasteiger partial charge in [-0.25, -0.2) is 0 Å². The molecule has 0 unspecified atom stereocenters. The first-order chi connectivity index (χ1) is 9.17. The van der Waals surface area contributed by atoms with Crippen molar-refractivity contribution in [3.8, 4) is 5.75 Å². The van der Waals surface area contributed by atoms with Crippen LogP contribution in [0.2, 0.25) is 0 Å². The molecule has 19 heavy (non-hydrogen) atoms. The SMILES string of the molecule is CCCc1ccc(CNc2cc(O)cc(=O)[nH]2)cc1. The van der Waals surface area contributed by atoms with E-state index in [0.717, 1.165) is 24.5 Å². The summed E-state index contributed by atoms with van der Waals surface area (Å²) in [5, 5.41) is 12.4. The number of aromatic amines is 1. The summed E-state index contributed by atoms with van der Waals surface area (Å²) in [7, 11) is 0. The Bertz CT molecular complexity index is 588. The van der Waals surface area contributed by atoms with Crippen molar-refractivity contribution in [2.75, 3.05) is 5.32 Å². The summed E-state index contributed by atoms with van der Waals surface area (Å²) in [6.45, 7) is 2.76. The van der Waals surface area contributed by atoms with Crippen molar-refractivity contribution in [1.82, 2.24) is 4.98 Å². The van der Waals surface area contributed by atoms with Crippen LogP contribution in [0.15, 0.2) is 41.2 Å². The molecule has 0 saturated heterocycles. The molecule has 2 rings (SSSR count). The Morgan fingerprint density at radius 1 is 1.16 bits per heavy atom. The minimum absolute atomic E-state index is 0.0375. The van der Waals surface area contributed by atoms with Crippen LogP contribution in [-0.2, 0) is 13.0 Å². The van der Waals surface area contributed by atoms with Gasteiger partial charge < -0.3 is 15.4 Å². The zero-order valence-corrected chi connectivity index (χ0v) is 10.9. The third-order valence-corrected chi connectivity index (χ3v) is 2.87. The van der Waals surface area contributed by atoms with Gasteiger partial charge in [0.25, 0.3) is 5.56 Å². The van der Waals surface area contributed by atoms with E-state index in [1.807, 2.05) is 0 Å². The molecule has 0 fully saturated rings. The third-order valence-electron chi connectivity index (χ3n) is 2.87. The molecule has 0 radical (unpaired) electrons. The minimum Gasteiger partial charge on any atom is -0.508 e. The molecule has 0 bridgehead atoms. The van der Waals surface area contributed by atoms with Crippen LogP contribution in [0, 0.1) is 0 Å². The van der Waals surface area contributed by atoms with Crippen LogP contribution in [0.1, 0.15) is 24.5 Å². The highest BCUT2D eigenvalue weighted by Crippen LogP contribution is 2.12. The van der Waals surface area contributed by atoms with Crippen molar-refractivity contribution < 1.29 is 5.11 Å². The number of hydrogen-bond donors (Lipinski definition) is 3. The van der Waals surface area contributed by atoms with Crippen molar-refractivity contribution in [2.45, 2.75) is 26.3 Å². The summed E-state index contributed by atoms with van der Waals surface area (Å²) in [5.74, 6) is 0.479. The number of hydrogen-bond acceptors (Lipinski definition) is 3. The zero-order chi connectivity index (χ0) is 13.7. The monoisotopic (exact) mass is 258 g/mol. The molecule has 0 aliphatic rings. The number of nitrogens with one attached hydrogen (secondary N) is 2. The van der Waals surface area contributed by atoms with Gasteiger partial charge in [0.1, 0.15) is 11.6 Å². The van der Waals surface area contributed by atoms with Crippen molar-refractivity contribution >= 4 is 5.82 Å². The van der Waals surface area contributed by atoms with Crippen LogP contribution < -0.4 is 10.9 Å². The lowest BCUT2D eigenvalue weighted by molar-refractivity contribution is 0.474. The first kappa shape index (κ1) is 13.2. The van der Waals surface area contributed by atoms with E-state index in [2.05, 4.69) is 41.5 Å². The predicted octanol–water partition coefficient (Wildman–Crippen LogP) is 2.65. The van der Waals surface area contributed by atoms with E-state index in [9.17, 15) is 9.90 Å². The Kier molecular flexibility index (Phi) is 4.23. The molecule has 1 aromatic heterocycles. The summed E-state index contributed by atoms with van der Waals surface area (Å²) in [6.07, 6.45) is 2.23. The molecule has 0 aliphatic heterocycles. The van der Waals surface area contributed by atoms with Crippen LogP contribution in [0.4, 0.5) is 5.82 Å². The minimum atomic E-state index is -0.319. The quantitative estimate of drug-likeness (QED) is 0.772. The van der Waals surface area contributed by atoms with Gasteiger partial charge in [0.2, 0.25) is 0 Å². The first-order valence-corrected chi connectivity index (χ1v) is 6.42. The maximum absolute atomic E-state index is 11.2. The second-order valence-corrected chi connectivity index (χ2v) is 4.54. The normalized spacial score (nSPS) is 10.4. The smallest absolute Gasteiger partial charge is 0.253 e. The highest BCUT2D eigenvalue weighted by molar-refractivity contribution is 5.40. The van der Waals surface area contributed by atoms with Gasteiger partial charge in [-0.2, -0.15) is 0 Å². The Hall–Kier alpha value is -2.23. The number of aromatic nitrogens is 1. The van der Waals surface area contributed by atoms with Gasteiger partial charge in [0.05, 0.1) is 0 Å². The second kappa shape index (κ2) is 6.09. The molecule has 100 valence electrons. The third kappa shape index (κ3) is 3.88. The van der Waals surface area contributed by atoms with E-state index in [4.69, 9.17) is 0 Å². The summed E-state index contributed by atoms with van der Waals surface area (Å²) >= 11 is 0. The van der Waals surface area contributed by atoms with Gasteiger partial charge in [-0.05, 0) is 17.5 Å². The number of aromatic hydroxyl groups is 1. The molecule has 1 heterocycles. The summed E-state index contributed by atoms with van der Waals surface area (Å²) in [5.41, 5.74) is 2.14. The zero-order valence-electron chi connectivity index (χ0n) is 10.9. The number of pyridine rings is 1. The molecule has 4 nitrogen and oxygen atoms in total. The Labute approximate surface area is 112 Å². The van der Waals surface area contributed by atoms with Crippen molar-refractivity contribution in [2.24, 2.45) is 0 Å². The fraction of sp³-hybridized carbons (Fsp3) is 0.267. The van der Waals surface area contributed by atoms with Crippen LogP contribution in [0.3, 0.4) is 0 Å². The van der Waals surface area contributed by atoms with E-state index >= 15 is 0 Å². The van der Waals surface area contributed by atoms with Crippen molar-refractivity contribution in [1.29, 1.82) is 0 Å². The molecule has 3 N–H and O–H groups in total. The van der Waals surface area contributed by atoms with E-state index in [1.54, 1.807) is 0 Å². The lowest BCUT2D eigenvalue weighted by atomic mass is 10.1. The number of H-pyrrole nitrogens is 1. The van der Waals surface area contributed by atoms with Gasteiger partial charge in [0, 0.05) is 18.7 Å². The molecule has 4 heteroatoms. The van der Waals surface area contributed by atoms with E-state index in [1.165, 1.54) is 11.6 Å².